The van der Waals surface area contributed by atoms with Crippen molar-refractivity contribution in [2.45, 2.75) is 59.0 Å². The first-order valence-electron chi connectivity index (χ1n) is 9.90. The lowest BCUT2D eigenvalue weighted by Crippen LogP contribution is -2.51. The Morgan fingerprint density at radius 3 is 2.52 bits per heavy atom. The van der Waals surface area contributed by atoms with Gasteiger partial charge in [-0.05, 0) is 55.2 Å². The molecule has 1 fully saturated rings. The predicted octanol–water partition coefficient (Wildman–Crippen LogP) is 3.00. The number of ether oxygens (including phenoxy) is 2. The van der Waals surface area contributed by atoms with Crippen molar-refractivity contribution in [3.63, 3.8) is 0 Å². The fourth-order valence-corrected chi connectivity index (χ4v) is 3.68. The van der Waals surface area contributed by atoms with Crippen molar-refractivity contribution in [3.05, 3.63) is 23.8 Å². The highest BCUT2D eigenvalue weighted by molar-refractivity contribution is 5.88. The zero-order chi connectivity index (χ0) is 19.4. The molecule has 2 amide bonds. The van der Waals surface area contributed by atoms with Crippen LogP contribution in [0.15, 0.2) is 18.2 Å². The number of hydrogen-bond acceptors (Lipinski definition) is 4. The topological polar surface area (TPSA) is 76.7 Å². The number of fused-ring (bicyclic) bond motifs is 1. The summed E-state index contributed by atoms with van der Waals surface area (Å²) in [4.78, 5) is 25.3. The number of amides is 2. The molecule has 1 aliphatic carbocycles. The maximum absolute atomic E-state index is 12.7. The van der Waals surface area contributed by atoms with Crippen LogP contribution in [0.5, 0.6) is 11.5 Å². The van der Waals surface area contributed by atoms with Crippen LogP contribution < -0.4 is 20.1 Å². The Kier molecular flexibility index (Phi) is 6.24. The van der Waals surface area contributed by atoms with Crippen molar-refractivity contribution in [2.75, 3.05) is 6.79 Å². The summed E-state index contributed by atoms with van der Waals surface area (Å²) in [5.74, 6) is 2.03. The summed E-state index contributed by atoms with van der Waals surface area (Å²) in [6.45, 7) is 6.75. The first-order chi connectivity index (χ1) is 12.9. The van der Waals surface area contributed by atoms with Gasteiger partial charge in [-0.3, -0.25) is 9.59 Å². The Morgan fingerprint density at radius 1 is 1.11 bits per heavy atom. The lowest BCUT2D eigenvalue weighted by Gasteiger charge is -2.28. The molecule has 148 valence electrons. The average Bonchev–Trinajstić information content (AvgIpc) is 3.12. The van der Waals surface area contributed by atoms with E-state index in [0.29, 0.717) is 18.2 Å². The van der Waals surface area contributed by atoms with Gasteiger partial charge < -0.3 is 20.1 Å². The van der Waals surface area contributed by atoms with E-state index in [-0.39, 0.29) is 30.4 Å². The van der Waals surface area contributed by atoms with E-state index in [1.54, 1.807) is 0 Å². The largest absolute Gasteiger partial charge is 0.454 e. The molecule has 0 radical (unpaired) electrons. The van der Waals surface area contributed by atoms with Gasteiger partial charge in [-0.1, -0.05) is 26.8 Å². The minimum Gasteiger partial charge on any atom is -0.454 e. The molecule has 1 saturated carbocycles. The molecular weight excluding hydrogens is 344 g/mol. The fourth-order valence-electron chi connectivity index (χ4n) is 3.68. The maximum atomic E-state index is 12.7. The molecule has 1 aromatic rings. The van der Waals surface area contributed by atoms with Crippen molar-refractivity contribution in [1.82, 2.24) is 10.6 Å². The molecule has 3 rings (SSSR count). The van der Waals surface area contributed by atoms with Crippen molar-refractivity contribution < 1.29 is 19.1 Å². The maximum Gasteiger partial charge on any atom is 0.243 e. The van der Waals surface area contributed by atoms with Crippen LogP contribution in [0, 0.1) is 17.8 Å². The van der Waals surface area contributed by atoms with Crippen molar-refractivity contribution in [2.24, 2.45) is 17.8 Å². The van der Waals surface area contributed by atoms with Crippen LogP contribution in [-0.4, -0.2) is 24.6 Å². The molecule has 0 spiro atoms. The van der Waals surface area contributed by atoms with Crippen molar-refractivity contribution in [1.29, 1.82) is 0 Å². The van der Waals surface area contributed by atoms with Gasteiger partial charge in [-0.15, -0.1) is 0 Å². The van der Waals surface area contributed by atoms with Gasteiger partial charge in [0.25, 0.3) is 0 Å². The van der Waals surface area contributed by atoms with Crippen molar-refractivity contribution in [3.8, 4) is 11.5 Å². The average molecular weight is 374 g/mol. The summed E-state index contributed by atoms with van der Waals surface area (Å²) < 4.78 is 10.7. The highest BCUT2D eigenvalue weighted by Gasteiger charge is 2.29. The van der Waals surface area contributed by atoms with Crippen LogP contribution in [0.3, 0.4) is 0 Å². The van der Waals surface area contributed by atoms with Crippen LogP contribution in [0.2, 0.25) is 0 Å². The summed E-state index contributed by atoms with van der Waals surface area (Å²) in [7, 11) is 0. The summed E-state index contributed by atoms with van der Waals surface area (Å²) in [5.41, 5.74) is 0.933. The minimum absolute atomic E-state index is 0.0128. The van der Waals surface area contributed by atoms with Gasteiger partial charge in [0.2, 0.25) is 18.6 Å². The molecule has 27 heavy (non-hydrogen) atoms. The molecule has 1 heterocycles. The first-order valence-corrected chi connectivity index (χ1v) is 9.90. The molecule has 6 heteroatoms. The number of carbonyl (C=O) groups is 2. The van der Waals surface area contributed by atoms with E-state index in [0.717, 1.165) is 37.0 Å². The van der Waals surface area contributed by atoms with E-state index in [9.17, 15) is 9.59 Å². The smallest absolute Gasteiger partial charge is 0.243 e. The van der Waals surface area contributed by atoms with E-state index in [4.69, 9.17) is 9.47 Å². The summed E-state index contributed by atoms with van der Waals surface area (Å²) in [6.07, 6.45) is 3.99. The van der Waals surface area contributed by atoms with Gasteiger partial charge in [0, 0.05) is 12.5 Å². The molecule has 1 unspecified atom stereocenters. The lowest BCUT2D eigenvalue weighted by molar-refractivity contribution is -0.132. The van der Waals surface area contributed by atoms with Gasteiger partial charge in [-0.2, -0.15) is 0 Å². The summed E-state index contributed by atoms with van der Waals surface area (Å²) in [6, 6.07) is 5.09. The Balaban J connectivity index is 1.54. The minimum atomic E-state index is -0.522. The number of benzene rings is 1. The molecule has 1 atom stereocenters. The van der Waals surface area contributed by atoms with Gasteiger partial charge in [-0.25, -0.2) is 0 Å². The molecule has 0 saturated heterocycles. The van der Waals surface area contributed by atoms with Crippen molar-refractivity contribution >= 4 is 11.8 Å². The summed E-state index contributed by atoms with van der Waals surface area (Å²) >= 11 is 0. The van der Waals surface area contributed by atoms with Crippen LogP contribution in [0.1, 0.15) is 52.0 Å². The second kappa shape index (κ2) is 8.63. The molecule has 2 N–H and O–H groups in total. The molecule has 0 aromatic heterocycles. The molecule has 2 aliphatic rings. The van der Waals surface area contributed by atoms with E-state index in [2.05, 4.69) is 17.6 Å². The monoisotopic (exact) mass is 374 g/mol. The zero-order valence-corrected chi connectivity index (χ0v) is 16.4. The second-order valence-electron chi connectivity index (χ2n) is 8.09. The molecule has 1 aliphatic heterocycles. The number of nitrogens with one attached hydrogen (secondary N) is 2. The lowest BCUT2D eigenvalue weighted by atomic mass is 9.82. The quantitative estimate of drug-likeness (QED) is 0.802. The third kappa shape index (κ3) is 4.93. The highest BCUT2D eigenvalue weighted by Crippen LogP contribution is 2.32. The van der Waals surface area contributed by atoms with Crippen LogP contribution in [0.4, 0.5) is 0 Å². The SMILES string of the molecule is CC1CCC(C(=O)NC(C(=O)NCc2ccc3c(c2)OCO3)C(C)C)CC1. The van der Waals surface area contributed by atoms with Gasteiger partial charge >= 0.3 is 0 Å². The molecule has 0 bridgehead atoms. The molecule has 6 nitrogen and oxygen atoms in total. The van der Waals surface area contributed by atoms with Crippen LogP contribution in [-0.2, 0) is 16.1 Å². The Morgan fingerprint density at radius 2 is 1.81 bits per heavy atom. The fraction of sp³-hybridized carbons (Fsp3) is 0.619. The van der Waals surface area contributed by atoms with Gasteiger partial charge in [0.05, 0.1) is 0 Å². The first kappa shape index (κ1) is 19.5. The highest BCUT2D eigenvalue weighted by atomic mass is 16.7. The standard InChI is InChI=1S/C21H30N2O4/c1-13(2)19(23-20(24)16-7-4-14(3)5-8-16)21(25)22-11-15-6-9-17-18(10-15)27-12-26-17/h6,9-10,13-14,16,19H,4-5,7-8,11-12H2,1-3H3,(H,22,25)(H,23,24). The zero-order valence-electron chi connectivity index (χ0n) is 16.4. The Labute approximate surface area is 161 Å². The van der Waals surface area contributed by atoms with Crippen LogP contribution >= 0.6 is 0 Å². The Bertz CT molecular complexity index is 681. The number of carbonyl (C=O) groups excluding carboxylic acids is 2. The van der Waals surface area contributed by atoms with E-state index in [1.807, 2.05) is 32.0 Å². The van der Waals surface area contributed by atoms with Gasteiger partial charge in [0.1, 0.15) is 6.04 Å². The van der Waals surface area contributed by atoms with E-state index < -0.39 is 6.04 Å². The van der Waals surface area contributed by atoms with Gasteiger partial charge in [0.15, 0.2) is 11.5 Å². The number of hydrogen-bond donors (Lipinski definition) is 2. The van der Waals surface area contributed by atoms with Crippen LogP contribution in [0.25, 0.3) is 0 Å². The normalized spacial score (nSPS) is 22.4. The second-order valence-corrected chi connectivity index (χ2v) is 8.09. The Hall–Kier alpha value is -2.24. The van der Waals surface area contributed by atoms with E-state index >= 15 is 0 Å². The number of rotatable bonds is 6. The third-order valence-corrected chi connectivity index (χ3v) is 5.54. The third-order valence-electron chi connectivity index (χ3n) is 5.54. The van der Waals surface area contributed by atoms with E-state index in [1.165, 1.54) is 0 Å². The molecule has 1 aromatic carbocycles. The predicted molar refractivity (Wildman–Crippen MR) is 102 cm³/mol. The summed E-state index contributed by atoms with van der Waals surface area (Å²) in [5, 5.41) is 5.92. The molecular formula is C21H30N2O4.